The van der Waals surface area contributed by atoms with Crippen LogP contribution in [0.5, 0.6) is 0 Å². The predicted octanol–water partition coefficient (Wildman–Crippen LogP) is 4.10. The van der Waals surface area contributed by atoms with Gasteiger partial charge in [-0.05, 0) is 59.0 Å². The normalized spacial score (nSPS) is 20.1. The lowest BCUT2D eigenvalue weighted by molar-refractivity contribution is -0.142. The number of hydrogen-bond acceptors (Lipinski definition) is 2. The Bertz CT molecular complexity index is 714. The minimum atomic E-state index is -1.05. The second kappa shape index (κ2) is 5.19. The van der Waals surface area contributed by atoms with Crippen LogP contribution in [-0.2, 0) is 16.8 Å². The molecule has 2 aromatic carbocycles. The lowest BCUT2D eigenvalue weighted by Gasteiger charge is -2.29. The molecule has 4 heteroatoms. The van der Waals surface area contributed by atoms with Crippen molar-refractivity contribution in [1.29, 1.82) is 0 Å². The molecule has 0 radical (unpaired) electrons. The van der Waals surface area contributed by atoms with Gasteiger partial charge in [0.1, 0.15) is 0 Å². The Labute approximate surface area is 132 Å². The highest BCUT2D eigenvalue weighted by atomic mass is 79.9. The van der Waals surface area contributed by atoms with Crippen LogP contribution in [0.4, 0.5) is 5.69 Å². The van der Waals surface area contributed by atoms with Gasteiger partial charge in [0.05, 0.1) is 0 Å². The Morgan fingerprint density at radius 1 is 1.29 bits per heavy atom. The van der Waals surface area contributed by atoms with E-state index in [2.05, 4.69) is 21.2 Å². The summed E-state index contributed by atoms with van der Waals surface area (Å²) in [7, 11) is 0. The lowest BCUT2D eigenvalue weighted by Crippen LogP contribution is -2.41. The number of fused-ring (bicyclic) bond motifs is 1. The van der Waals surface area contributed by atoms with Gasteiger partial charge in [0.2, 0.25) is 0 Å². The van der Waals surface area contributed by atoms with Crippen molar-refractivity contribution in [3.63, 3.8) is 0 Å². The highest BCUT2D eigenvalue weighted by Gasteiger charge is 2.46. The number of carboxylic acid groups (broad SMARTS) is 1. The van der Waals surface area contributed by atoms with Crippen molar-refractivity contribution in [2.75, 3.05) is 5.32 Å². The molecule has 0 spiro atoms. The second-order valence-corrected chi connectivity index (χ2v) is 6.33. The topological polar surface area (TPSA) is 49.3 Å². The molecule has 1 aliphatic carbocycles. The van der Waals surface area contributed by atoms with E-state index in [1.807, 2.05) is 49.4 Å². The quantitative estimate of drug-likeness (QED) is 0.880. The largest absolute Gasteiger partial charge is 0.479 e. The third-order valence-corrected chi connectivity index (χ3v) is 4.77. The van der Waals surface area contributed by atoms with Gasteiger partial charge in [0.15, 0.2) is 5.54 Å². The molecular weight excluding hydrogens is 330 g/mol. The number of hydrogen-bond donors (Lipinski definition) is 2. The van der Waals surface area contributed by atoms with E-state index < -0.39 is 11.5 Å². The monoisotopic (exact) mass is 345 g/mol. The molecular formula is C17H16BrNO2. The number of aryl methyl sites for hydroxylation is 2. The summed E-state index contributed by atoms with van der Waals surface area (Å²) in [5, 5.41) is 13.1. The fraction of sp³-hybridized carbons (Fsp3) is 0.235. The molecule has 0 aromatic heterocycles. The van der Waals surface area contributed by atoms with E-state index in [1.165, 1.54) is 0 Å². The number of anilines is 1. The van der Waals surface area contributed by atoms with Crippen molar-refractivity contribution < 1.29 is 9.90 Å². The maximum absolute atomic E-state index is 12.0. The van der Waals surface area contributed by atoms with Crippen LogP contribution in [0.25, 0.3) is 0 Å². The van der Waals surface area contributed by atoms with E-state index >= 15 is 0 Å². The summed E-state index contributed by atoms with van der Waals surface area (Å²) in [4.78, 5) is 12.0. The van der Waals surface area contributed by atoms with Crippen LogP contribution in [0.15, 0.2) is 46.9 Å². The minimum Gasteiger partial charge on any atom is -0.479 e. The summed E-state index contributed by atoms with van der Waals surface area (Å²) in [6.45, 7) is 1.99. The number of aliphatic carboxylic acids is 1. The molecule has 108 valence electrons. The van der Waals surface area contributed by atoms with E-state index in [4.69, 9.17) is 0 Å². The maximum Gasteiger partial charge on any atom is 0.334 e. The number of halogens is 1. The Morgan fingerprint density at radius 2 is 2.05 bits per heavy atom. The van der Waals surface area contributed by atoms with Gasteiger partial charge < -0.3 is 10.4 Å². The summed E-state index contributed by atoms with van der Waals surface area (Å²) in [6.07, 6.45) is 1.34. The van der Waals surface area contributed by atoms with E-state index in [0.717, 1.165) is 33.3 Å². The zero-order valence-electron chi connectivity index (χ0n) is 11.7. The summed E-state index contributed by atoms with van der Waals surface area (Å²) < 4.78 is 0.867. The van der Waals surface area contributed by atoms with Crippen LogP contribution < -0.4 is 5.32 Å². The van der Waals surface area contributed by atoms with Crippen molar-refractivity contribution in [2.45, 2.75) is 25.3 Å². The number of benzene rings is 2. The van der Waals surface area contributed by atoms with Gasteiger partial charge in [-0.2, -0.15) is 0 Å². The smallest absolute Gasteiger partial charge is 0.334 e. The predicted molar refractivity (Wildman–Crippen MR) is 86.6 cm³/mol. The zero-order valence-corrected chi connectivity index (χ0v) is 13.3. The van der Waals surface area contributed by atoms with Gasteiger partial charge in [-0.1, -0.05) is 35.9 Å². The van der Waals surface area contributed by atoms with Gasteiger partial charge in [-0.3, -0.25) is 0 Å². The first-order valence-electron chi connectivity index (χ1n) is 6.89. The van der Waals surface area contributed by atoms with Crippen molar-refractivity contribution in [3.05, 3.63) is 63.6 Å². The highest BCUT2D eigenvalue weighted by Crippen LogP contribution is 2.41. The summed E-state index contributed by atoms with van der Waals surface area (Å²) in [5.41, 5.74) is 2.82. The van der Waals surface area contributed by atoms with E-state index in [1.54, 1.807) is 0 Å². The molecule has 3 rings (SSSR count). The molecule has 3 nitrogen and oxygen atoms in total. The molecule has 21 heavy (non-hydrogen) atoms. The van der Waals surface area contributed by atoms with E-state index in [0.29, 0.717) is 6.42 Å². The van der Waals surface area contributed by atoms with E-state index in [-0.39, 0.29) is 0 Å². The molecule has 0 amide bonds. The first kappa shape index (κ1) is 14.1. The number of rotatable bonds is 3. The molecule has 0 saturated heterocycles. The molecule has 2 aromatic rings. The molecule has 0 saturated carbocycles. The van der Waals surface area contributed by atoms with Gasteiger partial charge in [-0.15, -0.1) is 0 Å². The Kier molecular flexibility index (Phi) is 3.49. The Hall–Kier alpha value is -1.81. The zero-order chi connectivity index (χ0) is 15.0. The fourth-order valence-electron chi connectivity index (χ4n) is 2.96. The number of carboxylic acids is 1. The third kappa shape index (κ3) is 2.33. The van der Waals surface area contributed by atoms with Crippen LogP contribution in [0.3, 0.4) is 0 Å². The van der Waals surface area contributed by atoms with Crippen LogP contribution in [0, 0.1) is 6.92 Å². The molecule has 2 N–H and O–H groups in total. The number of para-hydroxylation sites is 1. The summed E-state index contributed by atoms with van der Waals surface area (Å²) >= 11 is 3.48. The Morgan fingerprint density at radius 3 is 2.76 bits per heavy atom. The lowest BCUT2D eigenvalue weighted by atomic mass is 9.90. The van der Waals surface area contributed by atoms with Crippen molar-refractivity contribution in [2.24, 2.45) is 0 Å². The average Bonchev–Trinajstić information content (AvgIpc) is 2.81. The minimum absolute atomic E-state index is 0.558. The van der Waals surface area contributed by atoms with Gasteiger partial charge in [0.25, 0.3) is 0 Å². The van der Waals surface area contributed by atoms with Crippen LogP contribution in [0.1, 0.15) is 23.1 Å². The molecule has 1 atom stereocenters. The molecule has 0 aliphatic heterocycles. The second-order valence-electron chi connectivity index (χ2n) is 5.48. The van der Waals surface area contributed by atoms with E-state index in [9.17, 15) is 9.90 Å². The standard InChI is InChI=1S/C17H16BrNO2/c1-11-6-7-12-8-9-17(16(20)21,13(12)10-11)19-15-5-3-2-4-14(15)18/h2-7,10,19H,8-9H2,1H3,(H,20,21). The Balaban J connectivity index is 2.10. The third-order valence-electron chi connectivity index (χ3n) is 4.08. The summed E-state index contributed by atoms with van der Waals surface area (Å²) in [5.74, 6) is -0.831. The highest BCUT2D eigenvalue weighted by molar-refractivity contribution is 9.10. The van der Waals surface area contributed by atoms with Crippen LogP contribution in [-0.4, -0.2) is 11.1 Å². The first-order valence-corrected chi connectivity index (χ1v) is 7.68. The van der Waals surface area contributed by atoms with Crippen molar-refractivity contribution in [3.8, 4) is 0 Å². The average molecular weight is 346 g/mol. The molecule has 0 bridgehead atoms. The van der Waals surface area contributed by atoms with Gasteiger partial charge in [-0.25, -0.2) is 4.79 Å². The van der Waals surface area contributed by atoms with Crippen LogP contribution in [0.2, 0.25) is 0 Å². The summed E-state index contributed by atoms with van der Waals surface area (Å²) in [6, 6.07) is 13.7. The fourth-order valence-corrected chi connectivity index (χ4v) is 3.34. The van der Waals surface area contributed by atoms with Crippen molar-refractivity contribution >= 4 is 27.6 Å². The number of nitrogens with one attached hydrogen (secondary N) is 1. The molecule has 0 fully saturated rings. The maximum atomic E-state index is 12.0. The molecule has 1 aliphatic rings. The molecule has 1 unspecified atom stereocenters. The number of carbonyl (C=O) groups is 1. The molecule has 0 heterocycles. The van der Waals surface area contributed by atoms with Gasteiger partial charge in [0, 0.05) is 10.2 Å². The SMILES string of the molecule is Cc1ccc2c(c1)C(Nc1ccccc1Br)(C(=O)O)CC2. The van der Waals surface area contributed by atoms with Crippen molar-refractivity contribution in [1.82, 2.24) is 0 Å². The first-order chi connectivity index (χ1) is 10.0. The van der Waals surface area contributed by atoms with Gasteiger partial charge >= 0.3 is 5.97 Å². The van der Waals surface area contributed by atoms with Crippen LogP contribution >= 0.6 is 15.9 Å².